The number of aryl methyl sites for hydroxylation is 2. The quantitative estimate of drug-likeness (QED) is 0.135. The van der Waals surface area contributed by atoms with Gasteiger partial charge in [0.2, 0.25) is 0 Å². The van der Waals surface area contributed by atoms with Gasteiger partial charge in [-0.3, -0.25) is 20.2 Å². The summed E-state index contributed by atoms with van der Waals surface area (Å²) in [6.07, 6.45) is 8.01. The summed E-state index contributed by atoms with van der Waals surface area (Å²) in [5, 5.41) is 24.8. The van der Waals surface area contributed by atoms with Crippen LogP contribution in [0.5, 0.6) is 0 Å². The molecule has 0 amide bonds. The molecular formula is C48H33N5O4. The molecule has 6 aromatic rings. The van der Waals surface area contributed by atoms with Crippen LogP contribution in [-0.2, 0) is 0 Å². The zero-order valence-corrected chi connectivity index (χ0v) is 30.9. The molecule has 0 atom stereocenters. The van der Waals surface area contributed by atoms with Crippen molar-refractivity contribution in [2.24, 2.45) is 9.98 Å². The summed E-state index contributed by atoms with van der Waals surface area (Å²) < 4.78 is 0. The minimum Gasteiger partial charge on any atom is -0.354 e. The Labute approximate surface area is 327 Å². The second-order valence-electron chi connectivity index (χ2n) is 14.1. The summed E-state index contributed by atoms with van der Waals surface area (Å²) in [5.74, 6) is 0. The van der Waals surface area contributed by atoms with E-state index >= 15 is 0 Å². The Bertz CT molecular complexity index is 2780. The maximum Gasteiger partial charge on any atom is 0.269 e. The molecule has 9 nitrogen and oxygen atoms in total. The van der Waals surface area contributed by atoms with Crippen molar-refractivity contribution in [3.05, 3.63) is 245 Å². The second kappa shape index (κ2) is 14.1. The minimum absolute atomic E-state index is 0.0144. The Morgan fingerprint density at radius 2 is 0.807 bits per heavy atom. The van der Waals surface area contributed by atoms with Crippen molar-refractivity contribution in [2.75, 3.05) is 0 Å². The van der Waals surface area contributed by atoms with E-state index in [-0.39, 0.29) is 11.4 Å². The van der Waals surface area contributed by atoms with E-state index in [1.807, 2.05) is 36.4 Å². The molecule has 57 heavy (non-hydrogen) atoms. The van der Waals surface area contributed by atoms with E-state index in [0.29, 0.717) is 11.4 Å². The van der Waals surface area contributed by atoms with Crippen LogP contribution < -0.4 is 10.7 Å². The fourth-order valence-electron chi connectivity index (χ4n) is 7.55. The number of aliphatic imine (C=N–C) groups is 2. The first-order valence-corrected chi connectivity index (χ1v) is 18.4. The van der Waals surface area contributed by atoms with Gasteiger partial charge in [-0.05, 0) is 114 Å². The van der Waals surface area contributed by atoms with Crippen molar-refractivity contribution in [2.45, 2.75) is 13.8 Å². The van der Waals surface area contributed by atoms with Gasteiger partial charge in [-0.1, -0.05) is 77.9 Å². The Morgan fingerprint density at radius 1 is 0.439 bits per heavy atom. The number of aromatic nitrogens is 1. The van der Waals surface area contributed by atoms with Crippen LogP contribution in [0.2, 0.25) is 0 Å². The highest BCUT2D eigenvalue weighted by Crippen LogP contribution is 2.37. The molecule has 0 saturated heterocycles. The molecule has 1 aromatic heterocycles. The third-order valence-corrected chi connectivity index (χ3v) is 10.4. The van der Waals surface area contributed by atoms with E-state index in [1.165, 1.54) is 24.3 Å². The minimum atomic E-state index is -0.412. The van der Waals surface area contributed by atoms with Crippen molar-refractivity contribution < 1.29 is 9.85 Å². The van der Waals surface area contributed by atoms with Crippen LogP contribution in [0.15, 0.2) is 179 Å². The topological polar surface area (TPSA) is 127 Å². The van der Waals surface area contributed by atoms with Gasteiger partial charge in [0.1, 0.15) is 0 Å². The van der Waals surface area contributed by atoms with Crippen LogP contribution >= 0.6 is 0 Å². The number of nitrogens with zero attached hydrogens (tertiary/aromatic N) is 4. The zero-order valence-electron chi connectivity index (χ0n) is 30.9. The molecule has 5 aromatic carbocycles. The van der Waals surface area contributed by atoms with Gasteiger partial charge in [0.05, 0.1) is 32.7 Å². The molecule has 0 fully saturated rings. The molecular weight excluding hydrogens is 711 g/mol. The van der Waals surface area contributed by atoms with Crippen molar-refractivity contribution in [1.82, 2.24) is 4.98 Å². The predicted octanol–water partition coefficient (Wildman–Crippen LogP) is 9.10. The van der Waals surface area contributed by atoms with Gasteiger partial charge in [0.25, 0.3) is 11.4 Å². The number of H-pyrrole nitrogens is 1. The van der Waals surface area contributed by atoms with Gasteiger partial charge >= 0.3 is 0 Å². The number of rotatable bonds is 6. The zero-order chi connectivity index (χ0) is 39.2. The molecule has 9 heteroatoms. The Balaban J connectivity index is 1.41. The monoisotopic (exact) mass is 743 g/mol. The highest BCUT2D eigenvalue weighted by molar-refractivity contribution is 6.31. The number of fused-ring (bicyclic) bond motifs is 6. The van der Waals surface area contributed by atoms with Crippen molar-refractivity contribution in [3.63, 3.8) is 0 Å². The van der Waals surface area contributed by atoms with E-state index in [0.717, 1.165) is 88.9 Å². The summed E-state index contributed by atoms with van der Waals surface area (Å²) in [7, 11) is 0. The number of aromatic amines is 1. The van der Waals surface area contributed by atoms with E-state index < -0.39 is 9.85 Å². The third-order valence-electron chi connectivity index (χ3n) is 10.4. The Kier molecular flexibility index (Phi) is 8.67. The second-order valence-corrected chi connectivity index (χ2v) is 14.1. The summed E-state index contributed by atoms with van der Waals surface area (Å²) in [6.45, 7) is 4.13. The Morgan fingerprint density at radius 3 is 1.19 bits per heavy atom. The first kappa shape index (κ1) is 35.0. The highest BCUT2D eigenvalue weighted by Gasteiger charge is 2.23. The third kappa shape index (κ3) is 6.57. The van der Waals surface area contributed by atoms with Crippen LogP contribution in [0.3, 0.4) is 0 Å². The normalized spacial score (nSPS) is 14.6. The number of hydrogen-bond acceptors (Lipinski definition) is 6. The number of nitro benzene ring substituents is 2. The summed E-state index contributed by atoms with van der Waals surface area (Å²) in [5.41, 5.74) is 14.0. The van der Waals surface area contributed by atoms with Gasteiger partial charge < -0.3 is 4.98 Å². The summed E-state index contributed by atoms with van der Waals surface area (Å²) in [4.78, 5) is 36.7. The molecule has 3 aliphatic heterocycles. The number of nitrogens with one attached hydrogen (secondary N) is 1. The van der Waals surface area contributed by atoms with Gasteiger partial charge in [-0.2, -0.15) is 0 Å². The highest BCUT2D eigenvalue weighted by atomic mass is 16.6. The lowest BCUT2D eigenvalue weighted by Crippen LogP contribution is -2.21. The Hall–Kier alpha value is -7.78. The predicted molar refractivity (Wildman–Crippen MR) is 225 cm³/mol. The molecule has 0 spiro atoms. The number of hydrogen-bond donors (Lipinski definition) is 1. The standard InChI is InChI=1S/C48H33N5O4/c1-29-6-10-31(11-7-29)45-35-4-3-5-36(28-35)46(32-12-8-30(2)9-13-32)40-23-25-42(50-40)48(34-16-20-38(21-17-34)53(56)57)44-27-26-43(51-44)47(41-24-22-39(45)49-41)33-14-18-37(19-15-33)52(54)55/h3-28,51H,1-2H3. The fraction of sp³-hybridized carbons (Fsp3) is 0.0417. The molecule has 4 heterocycles. The van der Waals surface area contributed by atoms with Crippen molar-refractivity contribution in [3.8, 4) is 0 Å². The molecule has 3 aliphatic rings. The largest absolute Gasteiger partial charge is 0.354 e. The first-order chi connectivity index (χ1) is 27.7. The smallest absolute Gasteiger partial charge is 0.269 e. The average molecular weight is 744 g/mol. The molecule has 1 N–H and O–H groups in total. The van der Waals surface area contributed by atoms with Crippen LogP contribution in [-0.4, -0.2) is 26.3 Å². The van der Waals surface area contributed by atoms with Gasteiger partial charge in [0, 0.05) is 57.3 Å². The number of allylic oxidation sites excluding steroid dienone is 4. The lowest BCUT2D eigenvalue weighted by atomic mass is 9.90. The van der Waals surface area contributed by atoms with Crippen LogP contribution in [0, 0.1) is 34.1 Å². The van der Waals surface area contributed by atoms with E-state index in [1.54, 1.807) is 24.3 Å². The van der Waals surface area contributed by atoms with Crippen molar-refractivity contribution >= 4 is 45.1 Å². The SMILES string of the molecule is Cc1ccc(C2=C3C=CC(=N3)C(c3ccc([N+](=O)[O-])cc3)=c3ccc([nH]3)=C(c3ccc([N+](=O)[O-])cc3)C3=NC(=C(c4ccc(C)cc4)c4cccc2c4)C=C3)cc1. The summed E-state index contributed by atoms with van der Waals surface area (Å²) in [6, 6.07) is 42.2. The van der Waals surface area contributed by atoms with Gasteiger partial charge in [0.15, 0.2) is 0 Å². The van der Waals surface area contributed by atoms with E-state index in [4.69, 9.17) is 9.98 Å². The molecule has 0 saturated carbocycles. The lowest BCUT2D eigenvalue weighted by molar-refractivity contribution is -0.385. The molecule has 9 rings (SSSR count). The molecule has 274 valence electrons. The maximum absolute atomic E-state index is 11.6. The van der Waals surface area contributed by atoms with Crippen LogP contribution in [0.1, 0.15) is 44.5 Å². The number of non-ortho nitro benzene ring substituents is 2. The number of nitro groups is 2. The molecule has 0 aliphatic carbocycles. The molecule has 0 unspecified atom stereocenters. The first-order valence-electron chi connectivity index (χ1n) is 18.4. The fourth-order valence-corrected chi connectivity index (χ4v) is 7.55. The van der Waals surface area contributed by atoms with Crippen molar-refractivity contribution in [1.29, 1.82) is 0 Å². The maximum atomic E-state index is 11.6. The van der Waals surface area contributed by atoms with Gasteiger partial charge in [-0.25, -0.2) is 9.98 Å². The van der Waals surface area contributed by atoms with Crippen LogP contribution in [0.25, 0.3) is 22.3 Å². The molecule has 0 radical (unpaired) electrons. The number of benzene rings is 5. The lowest BCUT2D eigenvalue weighted by Gasteiger charge is -2.16. The van der Waals surface area contributed by atoms with Gasteiger partial charge in [-0.15, -0.1) is 0 Å². The van der Waals surface area contributed by atoms with E-state index in [2.05, 4.69) is 91.6 Å². The van der Waals surface area contributed by atoms with Crippen LogP contribution in [0.4, 0.5) is 11.4 Å². The van der Waals surface area contributed by atoms with E-state index in [9.17, 15) is 20.2 Å². The average Bonchev–Trinajstić information content (AvgIpc) is 4.01. The molecule has 8 bridgehead atoms. The summed E-state index contributed by atoms with van der Waals surface area (Å²) >= 11 is 0.